The Morgan fingerprint density at radius 1 is 0.154 bits per heavy atom. The Morgan fingerprint density at radius 2 is 0.452 bits per heavy atom. The van der Waals surface area contributed by atoms with Crippen LogP contribution in [0.15, 0.2) is 406 Å². The molecule has 20 aromatic rings. The van der Waals surface area contributed by atoms with Crippen LogP contribution in [0.25, 0.3) is 137 Å². The highest BCUT2D eigenvalue weighted by Crippen LogP contribution is 2.41. The summed E-state index contributed by atoms with van der Waals surface area (Å²) in [5.74, 6) is 0. The van der Waals surface area contributed by atoms with E-state index in [1.165, 1.54) is 137 Å². The molecular weight excluding hydrogens is 1260 g/mol. The molecule has 104 heavy (non-hydrogen) atoms. The first-order valence-electron chi connectivity index (χ1n) is 35.5. The molecule has 0 fully saturated rings. The lowest BCUT2D eigenvalue weighted by Gasteiger charge is -2.11. The maximum Gasteiger partial charge on any atom is 0.0542 e. The second-order valence-corrected chi connectivity index (χ2v) is 26.3. The number of para-hydroxylation sites is 4. The molecule has 17 aromatic carbocycles. The predicted octanol–water partition coefficient (Wildman–Crippen LogP) is 26.9. The second-order valence-electron chi connectivity index (χ2n) is 26.3. The lowest BCUT2D eigenvalue weighted by Crippen LogP contribution is -1.94. The smallest absolute Gasteiger partial charge is 0.0542 e. The Balaban J connectivity index is 0.000000111. The second kappa shape index (κ2) is 27.6. The number of hydrogen-bond donors (Lipinski definition) is 3. The molecule has 0 aliphatic carbocycles. The van der Waals surface area contributed by atoms with E-state index in [1.807, 2.05) is 18.2 Å². The van der Waals surface area contributed by atoms with Gasteiger partial charge in [-0.25, -0.2) is 0 Å². The highest BCUT2D eigenvalue weighted by atomic mass is 15.0. The van der Waals surface area contributed by atoms with Crippen molar-refractivity contribution in [2.24, 2.45) is 0 Å². The predicted molar refractivity (Wildman–Crippen MR) is 443 cm³/mol. The molecule has 0 atom stereocenters. The minimum absolute atomic E-state index is 1.08. The lowest BCUT2D eigenvalue weighted by molar-refractivity contribution is 1.18. The molecule has 0 amide bonds. The van der Waals surface area contributed by atoms with Gasteiger partial charge in [0.2, 0.25) is 0 Å². The van der Waals surface area contributed by atoms with E-state index in [0.29, 0.717) is 0 Å². The average molecular weight is 1330 g/mol. The quantitative estimate of drug-likeness (QED) is 0.114. The molecule has 0 saturated heterocycles. The van der Waals surface area contributed by atoms with Crippen molar-refractivity contribution >= 4 is 121 Å². The standard InChI is InChI=1S/2C34H24N2.C30H22N2/c1-3-10-24(11-4-1)26-18-20-33-30(22-26)31-23-27(19-21-34(31)36(33)28-14-5-2-6-15-28)35-32-17-9-13-25-12-7-8-16-29(25)32;1-3-9-24(10-4-1)27-16-19-33-31(22-27)32-23-29(18-20-34(32)36(33)30-13-5-2-6-14-30)35-28-17-15-25-11-7-8-12-26(25)21-28;1-4-10-22(11-5-1)23-16-18-29-27(20-23)28-21-25(31-24-12-6-2-7-13-24)17-19-30(28)32(29)26-14-8-3-9-15-26/h2*1-23,35H;1-21,31H. The van der Waals surface area contributed by atoms with Crippen LogP contribution in [0.2, 0.25) is 0 Å². The number of benzene rings is 17. The number of rotatable bonds is 12. The summed E-state index contributed by atoms with van der Waals surface area (Å²) in [6.45, 7) is 0. The number of aromatic nitrogens is 3. The van der Waals surface area contributed by atoms with Crippen molar-refractivity contribution in [2.75, 3.05) is 16.0 Å². The van der Waals surface area contributed by atoms with Gasteiger partial charge in [0.15, 0.2) is 0 Å². The van der Waals surface area contributed by atoms with Crippen LogP contribution in [0, 0.1) is 0 Å². The first-order chi connectivity index (χ1) is 51.5. The van der Waals surface area contributed by atoms with E-state index in [1.54, 1.807) is 0 Å². The summed E-state index contributed by atoms with van der Waals surface area (Å²) >= 11 is 0. The van der Waals surface area contributed by atoms with Gasteiger partial charge in [0.25, 0.3) is 0 Å². The Hall–Kier alpha value is -13.9. The molecule has 6 heteroatoms. The normalized spacial score (nSPS) is 11.3. The summed E-state index contributed by atoms with van der Waals surface area (Å²) in [4.78, 5) is 0. The van der Waals surface area contributed by atoms with Crippen molar-refractivity contribution in [3.05, 3.63) is 406 Å². The summed E-state index contributed by atoms with van der Waals surface area (Å²) in [6.07, 6.45) is 0. The third-order valence-corrected chi connectivity index (χ3v) is 19.8. The summed E-state index contributed by atoms with van der Waals surface area (Å²) in [5, 5.41) is 23.3. The molecule has 20 rings (SSSR count). The van der Waals surface area contributed by atoms with Gasteiger partial charge in [0.05, 0.1) is 33.1 Å². The van der Waals surface area contributed by atoms with Gasteiger partial charge in [-0.1, -0.05) is 249 Å². The number of hydrogen-bond acceptors (Lipinski definition) is 3. The molecule has 3 heterocycles. The minimum Gasteiger partial charge on any atom is -0.356 e. The maximum absolute atomic E-state index is 3.69. The Kier molecular flexibility index (Phi) is 16.6. The molecule has 0 aliphatic heterocycles. The number of anilines is 6. The Labute approximate surface area is 603 Å². The van der Waals surface area contributed by atoms with Crippen molar-refractivity contribution < 1.29 is 0 Å². The van der Waals surface area contributed by atoms with Gasteiger partial charge in [0.1, 0.15) is 0 Å². The van der Waals surface area contributed by atoms with E-state index < -0.39 is 0 Å². The van der Waals surface area contributed by atoms with E-state index >= 15 is 0 Å². The molecule has 3 aromatic heterocycles. The van der Waals surface area contributed by atoms with Crippen LogP contribution in [0.1, 0.15) is 0 Å². The molecule has 0 aliphatic rings. The van der Waals surface area contributed by atoms with Gasteiger partial charge < -0.3 is 29.7 Å². The molecule has 0 spiro atoms. The number of nitrogens with zero attached hydrogens (tertiary/aromatic N) is 3. The van der Waals surface area contributed by atoms with Crippen LogP contribution < -0.4 is 16.0 Å². The minimum atomic E-state index is 1.08. The van der Waals surface area contributed by atoms with Crippen LogP contribution in [0.3, 0.4) is 0 Å². The van der Waals surface area contributed by atoms with E-state index in [-0.39, 0.29) is 0 Å². The fourth-order valence-electron chi connectivity index (χ4n) is 14.9. The van der Waals surface area contributed by atoms with Gasteiger partial charge >= 0.3 is 0 Å². The van der Waals surface area contributed by atoms with Gasteiger partial charge in [-0.05, 0) is 207 Å². The summed E-state index contributed by atoms with van der Waals surface area (Å²) in [7, 11) is 0. The van der Waals surface area contributed by atoms with Crippen molar-refractivity contribution in [2.45, 2.75) is 0 Å². The van der Waals surface area contributed by atoms with Crippen LogP contribution in [-0.2, 0) is 0 Å². The number of fused-ring (bicyclic) bond motifs is 11. The molecule has 492 valence electrons. The van der Waals surface area contributed by atoms with E-state index in [0.717, 1.165) is 34.1 Å². The van der Waals surface area contributed by atoms with Crippen LogP contribution >= 0.6 is 0 Å². The van der Waals surface area contributed by atoms with Crippen LogP contribution in [0.5, 0.6) is 0 Å². The lowest BCUT2D eigenvalue weighted by atomic mass is 10.0. The zero-order valence-electron chi connectivity index (χ0n) is 57.0. The number of nitrogens with one attached hydrogen (secondary N) is 3. The van der Waals surface area contributed by atoms with Crippen molar-refractivity contribution in [3.8, 4) is 50.4 Å². The first kappa shape index (κ1) is 62.3. The highest BCUT2D eigenvalue weighted by Gasteiger charge is 2.19. The largest absolute Gasteiger partial charge is 0.356 e. The van der Waals surface area contributed by atoms with Crippen molar-refractivity contribution in [1.29, 1.82) is 0 Å². The SMILES string of the molecule is c1ccc(-c2ccc3c(c2)c2cc(Nc4ccc5ccccc5c4)ccc2n3-c2ccccc2)cc1.c1ccc(-c2ccc3c(c2)c2cc(Nc4cccc5ccccc45)ccc2n3-c2ccccc2)cc1.c1ccc(Nc2ccc3c(c2)c2cc(-c4ccccc4)ccc2n3-c2ccccc2)cc1. The van der Waals surface area contributed by atoms with Crippen LogP contribution in [-0.4, -0.2) is 13.7 Å². The van der Waals surface area contributed by atoms with E-state index in [9.17, 15) is 0 Å². The zero-order chi connectivity index (χ0) is 69.1. The topological polar surface area (TPSA) is 50.9 Å². The molecule has 0 bridgehead atoms. The van der Waals surface area contributed by atoms with Gasteiger partial charge in [0, 0.05) is 88.9 Å². The fourth-order valence-corrected chi connectivity index (χ4v) is 14.9. The summed E-state index contributed by atoms with van der Waals surface area (Å²) < 4.78 is 7.08. The van der Waals surface area contributed by atoms with Gasteiger partial charge in [-0.15, -0.1) is 0 Å². The zero-order valence-corrected chi connectivity index (χ0v) is 57.0. The average Bonchev–Trinajstić information content (AvgIpc) is 1.60. The molecule has 3 N–H and O–H groups in total. The molecule has 6 nitrogen and oxygen atoms in total. The van der Waals surface area contributed by atoms with E-state index in [2.05, 4.69) is 418 Å². The van der Waals surface area contributed by atoms with E-state index in [4.69, 9.17) is 0 Å². The maximum atomic E-state index is 3.69. The van der Waals surface area contributed by atoms with Crippen LogP contribution in [0.4, 0.5) is 34.1 Å². The third-order valence-electron chi connectivity index (χ3n) is 19.8. The van der Waals surface area contributed by atoms with Crippen molar-refractivity contribution in [3.63, 3.8) is 0 Å². The highest BCUT2D eigenvalue weighted by molar-refractivity contribution is 6.14. The van der Waals surface area contributed by atoms with Gasteiger partial charge in [-0.2, -0.15) is 0 Å². The molecule has 0 saturated carbocycles. The fraction of sp³-hybridized carbons (Fsp3) is 0. The molecule has 0 unspecified atom stereocenters. The Morgan fingerprint density at radius 3 is 0.875 bits per heavy atom. The van der Waals surface area contributed by atoms with Gasteiger partial charge in [-0.3, -0.25) is 0 Å². The summed E-state index contributed by atoms with van der Waals surface area (Å²) in [5.41, 5.74) is 24.6. The van der Waals surface area contributed by atoms with Crippen molar-refractivity contribution in [1.82, 2.24) is 13.7 Å². The third kappa shape index (κ3) is 12.3. The monoisotopic (exact) mass is 1330 g/mol. The summed E-state index contributed by atoms with van der Waals surface area (Å²) in [6, 6.07) is 144. The molecule has 0 radical (unpaired) electrons. The molecular formula is C98H70N6. The first-order valence-corrected chi connectivity index (χ1v) is 35.5. The Bertz CT molecular complexity index is 6460.